The minimum atomic E-state index is -0.400. The Morgan fingerprint density at radius 2 is 1.76 bits per heavy atom. The fourth-order valence-corrected chi connectivity index (χ4v) is 4.62. The van der Waals surface area contributed by atoms with Crippen LogP contribution in [0.3, 0.4) is 0 Å². The van der Waals surface area contributed by atoms with Gasteiger partial charge in [-0.2, -0.15) is 0 Å². The lowest BCUT2D eigenvalue weighted by Gasteiger charge is -2.39. The molecule has 3 heterocycles. The first-order valence-corrected chi connectivity index (χ1v) is 12.2. The highest BCUT2D eigenvalue weighted by Crippen LogP contribution is 2.40. The van der Waals surface area contributed by atoms with Gasteiger partial charge in [-0.05, 0) is 56.6 Å². The largest absolute Gasteiger partial charge is 0.466 e. The summed E-state index contributed by atoms with van der Waals surface area (Å²) < 4.78 is 9.94. The Balaban J connectivity index is 1.30. The van der Waals surface area contributed by atoms with Crippen molar-refractivity contribution in [2.24, 2.45) is 5.41 Å². The zero-order valence-corrected chi connectivity index (χ0v) is 20.0. The van der Waals surface area contributed by atoms with Gasteiger partial charge < -0.3 is 29.6 Å². The average molecular weight is 477 g/mol. The minimum Gasteiger partial charge on any atom is -0.466 e. The van der Waals surface area contributed by atoms with Crippen LogP contribution in [-0.2, 0) is 14.3 Å². The predicted octanol–water partition coefficient (Wildman–Crippen LogP) is 2.16. The van der Waals surface area contributed by atoms with Crippen molar-refractivity contribution in [3.63, 3.8) is 0 Å². The van der Waals surface area contributed by atoms with Gasteiger partial charge in [0.15, 0.2) is 5.76 Å². The molecule has 10 nitrogen and oxygen atoms in total. The van der Waals surface area contributed by atoms with E-state index in [2.05, 4.69) is 10.6 Å². The number of carbonyl (C=O) groups is 4. The summed E-state index contributed by atoms with van der Waals surface area (Å²) in [4.78, 5) is 52.0. The van der Waals surface area contributed by atoms with Gasteiger partial charge in [0.05, 0.1) is 19.4 Å². The molecule has 0 aliphatic carbocycles. The molecule has 1 spiro atoms. The van der Waals surface area contributed by atoms with Crippen molar-refractivity contribution >= 4 is 23.8 Å². The normalized spacial score (nSPS) is 17.0. The number of likely N-dealkylation sites (tertiary alicyclic amines) is 2. The number of nitrogens with zero attached hydrogens (tertiary/aromatic N) is 2. The summed E-state index contributed by atoms with van der Waals surface area (Å²) in [5, 5.41) is 5.58. The number of amides is 4. The Hall–Kier alpha value is -3.04. The second-order valence-corrected chi connectivity index (χ2v) is 9.06. The van der Waals surface area contributed by atoms with E-state index in [0.717, 1.165) is 45.1 Å². The Morgan fingerprint density at radius 1 is 1.03 bits per heavy atom. The van der Waals surface area contributed by atoms with Gasteiger partial charge in [0, 0.05) is 39.1 Å². The molecule has 1 aromatic rings. The summed E-state index contributed by atoms with van der Waals surface area (Å²) in [5.74, 6) is -0.486. The number of esters is 1. The number of rotatable bonds is 10. The molecule has 188 valence electrons. The Bertz CT molecular complexity index is 833. The first-order valence-electron chi connectivity index (χ1n) is 12.2. The molecule has 2 aliphatic heterocycles. The summed E-state index contributed by atoms with van der Waals surface area (Å²) in [5.41, 5.74) is 0.0607. The summed E-state index contributed by atoms with van der Waals surface area (Å²) in [6, 6.07) is 3.14. The highest BCUT2D eigenvalue weighted by molar-refractivity contribution is 5.94. The summed E-state index contributed by atoms with van der Waals surface area (Å²) in [7, 11) is 0. The van der Waals surface area contributed by atoms with Crippen LogP contribution in [-0.4, -0.2) is 79.5 Å². The number of ether oxygens (including phenoxy) is 1. The molecular weight excluding hydrogens is 440 g/mol. The molecule has 2 fully saturated rings. The van der Waals surface area contributed by atoms with Crippen LogP contribution in [0.2, 0.25) is 0 Å². The number of furan rings is 1. The quantitative estimate of drug-likeness (QED) is 0.394. The zero-order valence-electron chi connectivity index (χ0n) is 20.0. The van der Waals surface area contributed by atoms with Gasteiger partial charge in [-0.3, -0.25) is 14.4 Å². The molecule has 2 saturated heterocycles. The highest BCUT2D eigenvalue weighted by Gasteiger charge is 2.42. The minimum absolute atomic E-state index is 0.0404. The molecule has 4 amide bonds. The summed E-state index contributed by atoms with van der Waals surface area (Å²) in [6.07, 6.45) is 6.95. The molecule has 0 unspecified atom stereocenters. The number of hydrogen-bond donors (Lipinski definition) is 2. The van der Waals surface area contributed by atoms with E-state index in [0.29, 0.717) is 39.2 Å². The first-order chi connectivity index (χ1) is 16.4. The van der Waals surface area contributed by atoms with E-state index in [1.165, 1.54) is 6.26 Å². The van der Waals surface area contributed by atoms with Gasteiger partial charge in [0.2, 0.25) is 5.91 Å². The Morgan fingerprint density at radius 3 is 2.44 bits per heavy atom. The molecule has 0 radical (unpaired) electrons. The van der Waals surface area contributed by atoms with Gasteiger partial charge >= 0.3 is 12.0 Å². The van der Waals surface area contributed by atoms with E-state index in [9.17, 15) is 19.2 Å². The third-order valence-corrected chi connectivity index (χ3v) is 6.69. The number of piperidine rings is 1. The highest BCUT2D eigenvalue weighted by atomic mass is 16.5. The first kappa shape index (κ1) is 25.6. The van der Waals surface area contributed by atoms with Gasteiger partial charge in [-0.25, -0.2) is 4.79 Å². The van der Waals surface area contributed by atoms with E-state index >= 15 is 0 Å². The van der Waals surface area contributed by atoms with Gasteiger partial charge in [0.1, 0.15) is 0 Å². The number of hydrogen-bond acceptors (Lipinski definition) is 6. The molecule has 0 atom stereocenters. The SMILES string of the molecule is CCOC(=O)CCCCCNC(=O)N1CCC2(CCN(C(=O)CNC(=O)c3ccco3)CC2)C1. The molecule has 1 aromatic heterocycles. The molecule has 0 aromatic carbocycles. The maximum Gasteiger partial charge on any atom is 0.317 e. The van der Waals surface area contributed by atoms with E-state index in [-0.39, 0.29) is 35.6 Å². The predicted molar refractivity (Wildman–Crippen MR) is 124 cm³/mol. The number of urea groups is 1. The van der Waals surface area contributed by atoms with E-state index in [1.54, 1.807) is 24.0 Å². The fourth-order valence-electron chi connectivity index (χ4n) is 4.62. The van der Waals surface area contributed by atoms with E-state index in [1.807, 2.05) is 4.90 Å². The molecule has 2 N–H and O–H groups in total. The zero-order chi connectivity index (χ0) is 24.4. The molecule has 3 rings (SSSR count). The van der Waals surface area contributed by atoms with Crippen molar-refractivity contribution in [3.8, 4) is 0 Å². The van der Waals surface area contributed by atoms with Crippen LogP contribution in [0.4, 0.5) is 4.79 Å². The molecular formula is C24H36N4O6. The van der Waals surface area contributed by atoms with Gasteiger partial charge in [-0.1, -0.05) is 6.42 Å². The smallest absolute Gasteiger partial charge is 0.317 e. The third-order valence-electron chi connectivity index (χ3n) is 6.69. The Labute approximate surface area is 200 Å². The summed E-state index contributed by atoms with van der Waals surface area (Å²) in [6.45, 7) is 5.44. The number of unbranched alkanes of at least 4 members (excludes halogenated alkanes) is 2. The van der Waals surface area contributed by atoms with Gasteiger partial charge in [-0.15, -0.1) is 0 Å². The molecule has 0 bridgehead atoms. The monoisotopic (exact) mass is 476 g/mol. The average Bonchev–Trinajstić information content (AvgIpc) is 3.51. The summed E-state index contributed by atoms with van der Waals surface area (Å²) >= 11 is 0. The van der Waals surface area contributed by atoms with Gasteiger partial charge in [0.25, 0.3) is 5.91 Å². The lowest BCUT2D eigenvalue weighted by atomic mass is 9.78. The molecule has 0 saturated carbocycles. The molecule has 10 heteroatoms. The second-order valence-electron chi connectivity index (χ2n) is 9.06. The van der Waals surface area contributed by atoms with Crippen LogP contribution < -0.4 is 10.6 Å². The standard InChI is InChI=1S/C24H36N4O6/c1-2-33-21(30)8-4-3-5-12-25-23(32)28-15-11-24(18-28)9-13-27(14-10-24)20(29)17-26-22(31)19-7-6-16-34-19/h6-7,16H,2-5,8-15,17-18H2,1H3,(H,25,32)(H,26,31). The van der Waals surface area contributed by atoms with Crippen molar-refractivity contribution in [1.29, 1.82) is 0 Å². The number of nitrogens with one attached hydrogen (secondary N) is 2. The van der Waals surface area contributed by atoms with Crippen molar-refractivity contribution in [2.45, 2.75) is 51.9 Å². The van der Waals surface area contributed by atoms with Crippen molar-refractivity contribution in [1.82, 2.24) is 20.4 Å². The van der Waals surface area contributed by atoms with Crippen LogP contribution in [0, 0.1) is 5.41 Å². The Kier molecular flexibility index (Phi) is 9.35. The van der Waals surface area contributed by atoms with Crippen molar-refractivity contribution in [2.75, 3.05) is 45.9 Å². The second kappa shape index (κ2) is 12.4. The van der Waals surface area contributed by atoms with E-state index in [4.69, 9.17) is 9.15 Å². The maximum atomic E-state index is 12.5. The van der Waals surface area contributed by atoms with Crippen LogP contribution in [0.5, 0.6) is 0 Å². The lowest BCUT2D eigenvalue weighted by molar-refractivity contribution is -0.143. The van der Waals surface area contributed by atoms with Crippen LogP contribution >= 0.6 is 0 Å². The maximum absolute atomic E-state index is 12.5. The van der Waals surface area contributed by atoms with E-state index < -0.39 is 5.91 Å². The van der Waals surface area contributed by atoms with Crippen LogP contribution in [0.15, 0.2) is 22.8 Å². The fraction of sp³-hybridized carbons (Fsp3) is 0.667. The molecule has 2 aliphatic rings. The van der Waals surface area contributed by atoms with Crippen molar-refractivity contribution in [3.05, 3.63) is 24.2 Å². The lowest BCUT2D eigenvalue weighted by Crippen LogP contribution is -2.48. The van der Waals surface area contributed by atoms with Crippen LogP contribution in [0.1, 0.15) is 62.4 Å². The van der Waals surface area contributed by atoms with Crippen LogP contribution in [0.25, 0.3) is 0 Å². The molecule has 34 heavy (non-hydrogen) atoms. The van der Waals surface area contributed by atoms with Crippen molar-refractivity contribution < 1.29 is 28.3 Å². The third kappa shape index (κ3) is 7.23. The topological polar surface area (TPSA) is 121 Å². The number of carbonyl (C=O) groups excluding carboxylic acids is 4.